The molecule has 2 aromatic heterocycles. The van der Waals surface area contributed by atoms with Gasteiger partial charge in [0.1, 0.15) is 5.76 Å². The van der Waals surface area contributed by atoms with Gasteiger partial charge in [0.05, 0.1) is 24.8 Å². The molecule has 0 aromatic carbocycles. The minimum absolute atomic E-state index is 0.435. The van der Waals surface area contributed by atoms with E-state index >= 15 is 0 Å². The van der Waals surface area contributed by atoms with Crippen LogP contribution in [0.25, 0.3) is 0 Å². The largest absolute Gasteiger partial charge is 0.360 e. The lowest BCUT2D eigenvalue weighted by atomic mass is 10.3. The molecule has 0 saturated heterocycles. The van der Waals surface area contributed by atoms with Gasteiger partial charge in [-0.2, -0.15) is 0 Å². The number of nitrogens with one attached hydrogen (secondary N) is 1. The van der Waals surface area contributed by atoms with Crippen molar-refractivity contribution in [1.29, 1.82) is 0 Å². The predicted molar refractivity (Wildman–Crippen MR) is 59.7 cm³/mol. The van der Waals surface area contributed by atoms with Crippen molar-refractivity contribution in [2.24, 2.45) is 0 Å². The number of imidazole rings is 1. The highest BCUT2D eigenvalue weighted by molar-refractivity contribution is 5.00. The fourth-order valence-electron chi connectivity index (χ4n) is 1.58. The molecule has 0 fully saturated rings. The molecule has 0 amide bonds. The number of hydrogen-bond donors (Lipinski definition) is 1. The van der Waals surface area contributed by atoms with E-state index in [2.05, 4.69) is 33.9 Å². The first-order valence-electron chi connectivity index (χ1n) is 5.38. The van der Waals surface area contributed by atoms with Gasteiger partial charge < -0.3 is 14.4 Å². The van der Waals surface area contributed by atoms with Crippen molar-refractivity contribution in [2.45, 2.75) is 33.0 Å². The first kappa shape index (κ1) is 10.9. The lowest BCUT2D eigenvalue weighted by Crippen LogP contribution is -2.16. The van der Waals surface area contributed by atoms with Gasteiger partial charge in [0, 0.05) is 24.8 Å². The Morgan fingerprint density at radius 3 is 3.00 bits per heavy atom. The molecule has 2 aromatic rings. The van der Waals surface area contributed by atoms with Crippen molar-refractivity contribution in [3.05, 3.63) is 36.2 Å². The number of nitrogens with zero attached hydrogens (tertiary/aromatic N) is 3. The van der Waals surface area contributed by atoms with Crippen LogP contribution in [0, 0.1) is 0 Å². The fourth-order valence-corrected chi connectivity index (χ4v) is 1.58. The van der Waals surface area contributed by atoms with Crippen LogP contribution in [0.2, 0.25) is 0 Å². The van der Waals surface area contributed by atoms with Crippen LogP contribution in [0.15, 0.2) is 29.3 Å². The summed E-state index contributed by atoms with van der Waals surface area (Å²) in [7, 11) is 0. The summed E-state index contributed by atoms with van der Waals surface area (Å²) in [6.07, 6.45) is 5.39. The lowest BCUT2D eigenvalue weighted by molar-refractivity contribution is 0.371. The Morgan fingerprint density at radius 2 is 2.31 bits per heavy atom. The molecule has 0 atom stereocenters. The third-order valence-electron chi connectivity index (χ3n) is 2.40. The van der Waals surface area contributed by atoms with Crippen LogP contribution >= 0.6 is 0 Å². The summed E-state index contributed by atoms with van der Waals surface area (Å²) in [5.41, 5.74) is 1.18. The van der Waals surface area contributed by atoms with Crippen LogP contribution in [0.4, 0.5) is 0 Å². The Balaban J connectivity index is 1.87. The molecule has 1 N–H and O–H groups in total. The Hall–Kier alpha value is -1.62. The Morgan fingerprint density at radius 1 is 1.44 bits per heavy atom. The third kappa shape index (κ3) is 2.49. The number of aromatic nitrogens is 3. The average Bonchev–Trinajstić information content (AvgIpc) is 2.87. The molecule has 0 spiro atoms. The second-order valence-electron chi connectivity index (χ2n) is 3.97. The predicted octanol–water partition coefficient (Wildman–Crippen LogP) is 1.74. The second-order valence-corrected chi connectivity index (χ2v) is 3.97. The highest BCUT2D eigenvalue weighted by Gasteiger charge is 2.05. The molecule has 0 aliphatic rings. The van der Waals surface area contributed by atoms with Crippen molar-refractivity contribution >= 4 is 0 Å². The molecular weight excluding hydrogens is 204 g/mol. The van der Waals surface area contributed by atoms with Gasteiger partial charge in [0.25, 0.3) is 0 Å². The molecule has 0 unspecified atom stereocenters. The quantitative estimate of drug-likeness (QED) is 0.834. The summed E-state index contributed by atoms with van der Waals surface area (Å²) in [5, 5.41) is 6.94. The van der Waals surface area contributed by atoms with Gasteiger partial charge in [0.15, 0.2) is 0 Å². The molecule has 16 heavy (non-hydrogen) atoms. The summed E-state index contributed by atoms with van der Waals surface area (Å²) in [4.78, 5) is 4.15. The topological polar surface area (TPSA) is 55.9 Å². The van der Waals surface area contributed by atoms with Gasteiger partial charge in [-0.25, -0.2) is 4.98 Å². The highest BCUT2D eigenvalue weighted by atomic mass is 16.5. The van der Waals surface area contributed by atoms with Gasteiger partial charge >= 0.3 is 0 Å². The van der Waals surface area contributed by atoms with Crippen LogP contribution in [0.1, 0.15) is 31.3 Å². The van der Waals surface area contributed by atoms with E-state index in [1.54, 1.807) is 6.20 Å². The van der Waals surface area contributed by atoms with E-state index < -0.39 is 0 Å². The smallest absolute Gasteiger partial charge is 0.150 e. The summed E-state index contributed by atoms with van der Waals surface area (Å²) in [5.74, 6) is 0.843. The van der Waals surface area contributed by atoms with E-state index in [0.717, 1.165) is 12.3 Å². The normalized spacial score (nSPS) is 11.2. The third-order valence-corrected chi connectivity index (χ3v) is 2.40. The summed E-state index contributed by atoms with van der Waals surface area (Å²) in [6.45, 7) is 5.74. The van der Waals surface area contributed by atoms with Crippen molar-refractivity contribution < 1.29 is 4.52 Å². The lowest BCUT2D eigenvalue weighted by Gasteiger charge is -2.11. The average molecular weight is 220 g/mol. The van der Waals surface area contributed by atoms with E-state index in [1.807, 2.05) is 18.6 Å². The van der Waals surface area contributed by atoms with E-state index in [0.29, 0.717) is 12.6 Å². The van der Waals surface area contributed by atoms with E-state index in [9.17, 15) is 0 Å². The highest BCUT2D eigenvalue weighted by Crippen LogP contribution is 2.08. The molecule has 0 bridgehead atoms. The first-order chi connectivity index (χ1) is 7.77. The van der Waals surface area contributed by atoms with Crippen LogP contribution < -0.4 is 5.32 Å². The minimum atomic E-state index is 0.435. The maximum absolute atomic E-state index is 5.00. The van der Waals surface area contributed by atoms with Gasteiger partial charge in [-0.3, -0.25) is 0 Å². The van der Waals surface area contributed by atoms with E-state index in [4.69, 9.17) is 4.52 Å². The van der Waals surface area contributed by atoms with Gasteiger partial charge in [-0.05, 0) is 13.8 Å². The van der Waals surface area contributed by atoms with Gasteiger partial charge in [-0.15, -0.1) is 0 Å². The Kier molecular flexibility index (Phi) is 3.36. The number of hydrogen-bond acceptors (Lipinski definition) is 4. The SMILES string of the molecule is CC(C)n1cncc1CNCc1ccno1. The molecule has 86 valence electrons. The Bertz CT molecular complexity index is 419. The zero-order chi connectivity index (χ0) is 11.4. The summed E-state index contributed by atoms with van der Waals surface area (Å²) >= 11 is 0. The van der Waals surface area contributed by atoms with Crippen LogP contribution in [0.5, 0.6) is 0 Å². The molecule has 2 rings (SSSR count). The molecule has 5 heteroatoms. The zero-order valence-corrected chi connectivity index (χ0v) is 9.55. The molecular formula is C11H16N4O. The molecule has 0 aliphatic heterocycles. The Labute approximate surface area is 94.5 Å². The summed E-state index contributed by atoms with van der Waals surface area (Å²) in [6, 6.07) is 2.29. The molecule has 2 heterocycles. The van der Waals surface area contributed by atoms with Crippen molar-refractivity contribution in [2.75, 3.05) is 0 Å². The molecule has 0 saturated carbocycles. The first-order valence-corrected chi connectivity index (χ1v) is 5.38. The van der Waals surface area contributed by atoms with Crippen molar-refractivity contribution in [1.82, 2.24) is 20.0 Å². The molecule has 5 nitrogen and oxygen atoms in total. The zero-order valence-electron chi connectivity index (χ0n) is 9.55. The molecule has 0 radical (unpaired) electrons. The van der Waals surface area contributed by atoms with Crippen LogP contribution in [0.3, 0.4) is 0 Å². The fraction of sp³-hybridized carbons (Fsp3) is 0.455. The van der Waals surface area contributed by atoms with Crippen LogP contribution in [-0.2, 0) is 13.1 Å². The maximum Gasteiger partial charge on any atom is 0.150 e. The summed E-state index contributed by atoms with van der Waals surface area (Å²) < 4.78 is 7.14. The standard InChI is InChI=1S/C11H16N4O/c1-9(2)15-8-13-6-10(15)5-12-7-11-3-4-14-16-11/h3-4,6,8-9,12H,5,7H2,1-2H3. The number of rotatable bonds is 5. The van der Waals surface area contributed by atoms with E-state index in [-0.39, 0.29) is 0 Å². The van der Waals surface area contributed by atoms with Crippen LogP contribution in [-0.4, -0.2) is 14.7 Å². The van der Waals surface area contributed by atoms with E-state index in [1.165, 1.54) is 5.69 Å². The van der Waals surface area contributed by atoms with Crippen molar-refractivity contribution in [3.63, 3.8) is 0 Å². The van der Waals surface area contributed by atoms with Gasteiger partial charge in [-0.1, -0.05) is 5.16 Å². The monoisotopic (exact) mass is 220 g/mol. The second kappa shape index (κ2) is 4.94. The van der Waals surface area contributed by atoms with Crippen molar-refractivity contribution in [3.8, 4) is 0 Å². The van der Waals surface area contributed by atoms with Gasteiger partial charge in [0.2, 0.25) is 0 Å². The maximum atomic E-state index is 5.00. The minimum Gasteiger partial charge on any atom is -0.360 e. The molecule has 0 aliphatic carbocycles.